The van der Waals surface area contributed by atoms with Gasteiger partial charge in [-0.2, -0.15) is 0 Å². The predicted molar refractivity (Wildman–Crippen MR) is 448 cm³/mol. The van der Waals surface area contributed by atoms with Gasteiger partial charge in [0.1, 0.15) is 5.82 Å². The normalized spacial score (nSPS) is 14.8. The summed E-state index contributed by atoms with van der Waals surface area (Å²) in [7, 11) is 0. The quantitative estimate of drug-likeness (QED) is 0.164. The number of imidazole rings is 2. The van der Waals surface area contributed by atoms with Gasteiger partial charge in [0.2, 0.25) is 5.95 Å². The lowest BCUT2D eigenvalue weighted by Gasteiger charge is -2.31. The minimum atomic E-state index is -0.0635. The van der Waals surface area contributed by atoms with Gasteiger partial charge in [0.05, 0.1) is 44.8 Å². The molecule has 9 nitrogen and oxygen atoms in total. The summed E-state index contributed by atoms with van der Waals surface area (Å²) in [5.74, 6) is 2.72. The van der Waals surface area contributed by atoms with Gasteiger partial charge >= 0.3 is 0 Å². The van der Waals surface area contributed by atoms with E-state index in [9.17, 15) is 0 Å². The van der Waals surface area contributed by atoms with Crippen LogP contribution in [-0.4, -0.2) is 29.2 Å². The van der Waals surface area contributed by atoms with Gasteiger partial charge in [0, 0.05) is 80.2 Å². The second-order valence-electron chi connectivity index (χ2n) is 30.6. The first-order valence-corrected chi connectivity index (χ1v) is 37.3. The largest absolute Gasteiger partial charge is 0.301 e. The maximum Gasteiger partial charge on any atom is 0.220 e. The molecular weight excluding hydrogens is 1320 g/mol. The Morgan fingerprint density at radius 2 is 0.796 bits per heavy atom. The van der Waals surface area contributed by atoms with Gasteiger partial charge in [-0.25, -0.2) is 19.6 Å². The van der Waals surface area contributed by atoms with Crippen LogP contribution >= 0.6 is 0 Å². The molecule has 3 aliphatic carbocycles. The number of hydrogen-bond acceptors (Lipinski definition) is 7. The van der Waals surface area contributed by atoms with Crippen LogP contribution in [0.15, 0.2) is 316 Å². The second kappa shape index (κ2) is 23.8. The van der Waals surface area contributed by atoms with Gasteiger partial charge in [0.25, 0.3) is 0 Å². The molecule has 0 fully saturated rings. The highest BCUT2D eigenvalue weighted by atomic mass is 15.6. The first kappa shape index (κ1) is 63.0. The average molecular weight is 1390 g/mol. The molecule has 0 radical (unpaired) electrons. The maximum atomic E-state index is 5.14. The molecule has 0 spiro atoms. The summed E-state index contributed by atoms with van der Waals surface area (Å²) < 4.78 is 4.52. The lowest BCUT2D eigenvalue weighted by Crippen LogP contribution is -2.26. The Labute approximate surface area is 627 Å². The zero-order chi connectivity index (χ0) is 72.3. The predicted octanol–water partition coefficient (Wildman–Crippen LogP) is 24.7. The van der Waals surface area contributed by atoms with Crippen molar-refractivity contribution < 1.29 is 0 Å². The van der Waals surface area contributed by atoms with Gasteiger partial charge in [-0.05, 0) is 215 Å². The number of benzene rings is 13. The molecule has 0 bridgehead atoms. The van der Waals surface area contributed by atoms with E-state index in [1.165, 1.54) is 127 Å². The molecule has 0 amide bonds. The number of rotatable bonds is 6. The standard InChI is InChI=1S/2C34H25N3.C31H23N3/c1-34(2)27-15-7-6-13-24(27)26-21-22-19-20-36(30-18-10-14-25(31(22)30)32(26)34)33-35-28-16-8-9-17-29(28)37(33)23-11-4-3-5-12-23;1-34(2)27-15-7-6-13-24(27)26-21-23-19-20-36(30-18-10-14-25(31(23)30)32(26)34)37-29-17-9-8-16-28(29)35-33(37)22-11-4-3-5-12-22;1-31(2)25-10-4-3-8-22(25)24-18-20-15-17-34(27-12-7-9-23(29(20)27)30(24)31)28-14-13-21(19-33-28)26-11-5-6-16-32-26/h2*3-21H,1-2H3;3-19H,1-2H3. The van der Waals surface area contributed by atoms with Crippen LogP contribution in [0, 0.1) is 0 Å². The van der Waals surface area contributed by atoms with E-state index in [0.717, 1.165) is 67.9 Å². The number of anilines is 5. The van der Waals surface area contributed by atoms with E-state index < -0.39 is 0 Å². The topological polar surface area (TPSA) is 71.1 Å². The van der Waals surface area contributed by atoms with Crippen molar-refractivity contribution in [2.24, 2.45) is 0 Å². The van der Waals surface area contributed by atoms with E-state index >= 15 is 0 Å². The third-order valence-electron chi connectivity index (χ3n) is 23.5. The summed E-state index contributed by atoms with van der Waals surface area (Å²) in [5, 5.41) is 10.1. The number of hydrogen-bond donors (Lipinski definition) is 0. The lowest BCUT2D eigenvalue weighted by molar-refractivity contribution is 0.666. The third-order valence-corrected chi connectivity index (χ3v) is 23.5. The Balaban J connectivity index is 0.000000104. The molecule has 9 heteroatoms. The van der Waals surface area contributed by atoms with Crippen LogP contribution < -0.4 is 14.8 Å². The first-order valence-electron chi connectivity index (χ1n) is 37.3. The summed E-state index contributed by atoms with van der Waals surface area (Å²) in [6.45, 7) is 14.1. The van der Waals surface area contributed by atoms with Gasteiger partial charge in [-0.1, -0.05) is 230 Å². The van der Waals surface area contributed by atoms with Crippen molar-refractivity contribution >= 4 is 101 Å². The van der Waals surface area contributed by atoms with E-state index in [2.05, 4.69) is 374 Å². The zero-order valence-electron chi connectivity index (χ0n) is 60.8. The fourth-order valence-corrected chi connectivity index (χ4v) is 18.8. The van der Waals surface area contributed by atoms with Crippen molar-refractivity contribution in [3.05, 3.63) is 366 Å². The highest BCUT2D eigenvalue weighted by Gasteiger charge is 2.42. The van der Waals surface area contributed by atoms with Crippen LogP contribution in [0.3, 0.4) is 0 Å². The molecule has 0 N–H and O–H groups in total. The van der Waals surface area contributed by atoms with Gasteiger partial charge in [0.15, 0.2) is 5.82 Å². The lowest BCUT2D eigenvalue weighted by atomic mass is 9.79. The van der Waals surface area contributed by atoms with E-state index in [4.69, 9.17) is 15.0 Å². The van der Waals surface area contributed by atoms with Crippen LogP contribution in [-0.2, 0) is 16.2 Å². The zero-order valence-corrected chi connectivity index (χ0v) is 60.8. The smallest absolute Gasteiger partial charge is 0.220 e. The van der Waals surface area contributed by atoms with Gasteiger partial charge < -0.3 is 4.90 Å². The second-order valence-corrected chi connectivity index (χ2v) is 30.6. The molecule has 4 aromatic heterocycles. The fourth-order valence-electron chi connectivity index (χ4n) is 18.8. The minimum Gasteiger partial charge on any atom is -0.301 e. The number of pyridine rings is 2. The Kier molecular flexibility index (Phi) is 13.9. The monoisotopic (exact) mass is 1390 g/mol. The van der Waals surface area contributed by atoms with Crippen molar-refractivity contribution in [3.63, 3.8) is 0 Å². The molecule has 108 heavy (non-hydrogen) atoms. The first-order chi connectivity index (χ1) is 52.9. The molecule has 0 saturated heterocycles. The summed E-state index contributed by atoms with van der Waals surface area (Å²) >= 11 is 0. The van der Waals surface area contributed by atoms with E-state index in [1.807, 2.05) is 30.6 Å². The van der Waals surface area contributed by atoms with E-state index in [0.29, 0.717) is 0 Å². The average Bonchev–Trinajstić information content (AvgIpc) is 1.53. The maximum absolute atomic E-state index is 5.14. The minimum absolute atomic E-state index is 0.0440. The molecule has 3 aliphatic heterocycles. The third kappa shape index (κ3) is 9.30. The van der Waals surface area contributed by atoms with Gasteiger partial charge in [-0.3, -0.25) is 19.5 Å². The summed E-state index contributed by atoms with van der Waals surface area (Å²) in [6.07, 6.45) is 16.9. The van der Waals surface area contributed by atoms with Crippen LogP contribution in [0.1, 0.15) is 91.6 Å². The van der Waals surface area contributed by atoms with Crippen molar-refractivity contribution in [2.45, 2.75) is 57.8 Å². The van der Waals surface area contributed by atoms with Crippen molar-refractivity contribution in [3.8, 4) is 61.7 Å². The Morgan fingerprint density at radius 3 is 1.34 bits per heavy atom. The molecule has 0 atom stereocenters. The van der Waals surface area contributed by atoms with E-state index in [-0.39, 0.29) is 16.2 Å². The number of nitrogens with zero attached hydrogens (tertiary/aromatic N) is 9. The molecule has 6 aliphatic rings. The number of fused-ring (bicyclic) bond motifs is 14. The molecule has 514 valence electrons. The molecule has 7 heterocycles. The summed E-state index contributed by atoms with van der Waals surface area (Å²) in [6, 6.07) is 102. The van der Waals surface area contributed by atoms with Gasteiger partial charge in [-0.15, -0.1) is 0 Å². The number of aromatic nitrogens is 6. The highest BCUT2D eigenvalue weighted by molar-refractivity contribution is 6.13. The van der Waals surface area contributed by atoms with Crippen LogP contribution in [0.4, 0.5) is 28.8 Å². The Hall–Kier alpha value is -13.5. The highest BCUT2D eigenvalue weighted by Crippen LogP contribution is 2.58. The molecule has 0 saturated carbocycles. The Morgan fingerprint density at radius 1 is 0.333 bits per heavy atom. The molecule has 0 unspecified atom stereocenters. The van der Waals surface area contributed by atoms with Crippen LogP contribution in [0.5, 0.6) is 0 Å². The van der Waals surface area contributed by atoms with E-state index in [1.54, 1.807) is 0 Å². The van der Waals surface area contributed by atoms with Crippen LogP contribution in [0.25, 0.3) is 134 Å². The van der Waals surface area contributed by atoms with Crippen molar-refractivity contribution in [1.82, 2.24) is 29.2 Å². The molecule has 17 aromatic rings. The summed E-state index contributed by atoms with van der Waals surface area (Å²) in [4.78, 5) is 23.9. The Bertz CT molecular complexity index is 6710. The SMILES string of the molecule is CC1(C)c2ccccc2-c2cc3c4c(cccc4c21)N(c1ccc(-c2ccccn2)cn1)C=C3.CC1(C)c2ccccc2-c2cc3c4c(cccc4c21)N(c1nc2ccccc2n1-c1ccccc1)C=C3.CC1(C)c2ccccc2-c2cc3c4c(cccc4c21)N(n1c(-c2ccccc2)nc2ccccc21)C=C3. The van der Waals surface area contributed by atoms with Crippen LogP contribution in [0.2, 0.25) is 0 Å². The molecular formula is C99H73N9. The molecule has 23 rings (SSSR count). The number of para-hydroxylation sites is 5. The van der Waals surface area contributed by atoms with Crippen molar-refractivity contribution in [2.75, 3.05) is 14.8 Å². The molecule has 13 aromatic carbocycles. The summed E-state index contributed by atoms with van der Waals surface area (Å²) in [5.41, 5.74) is 32.0. The van der Waals surface area contributed by atoms with Crippen molar-refractivity contribution in [1.29, 1.82) is 0 Å². The fraction of sp³-hybridized carbons (Fsp3) is 0.0909.